The zero-order valence-corrected chi connectivity index (χ0v) is 32.4. The minimum absolute atomic E-state index is 0.117. The second kappa shape index (κ2) is 11.4. The molecule has 0 N–H and O–H groups in total. The van der Waals surface area contributed by atoms with Gasteiger partial charge in [-0.15, -0.1) is 0 Å². The monoisotopic (exact) mass is 728 g/mol. The van der Waals surface area contributed by atoms with Crippen molar-refractivity contribution in [1.29, 1.82) is 0 Å². The van der Waals surface area contributed by atoms with Gasteiger partial charge in [0.2, 0.25) is 0 Å². The third kappa shape index (κ3) is 4.56. The van der Waals surface area contributed by atoms with Gasteiger partial charge in [0.25, 0.3) is 0 Å². The van der Waals surface area contributed by atoms with E-state index in [0.717, 1.165) is 40.5 Å². The summed E-state index contributed by atoms with van der Waals surface area (Å²) in [6, 6.07) is 50.2. The average molecular weight is 729 g/mol. The minimum atomic E-state index is -2.79. The van der Waals surface area contributed by atoms with Crippen LogP contribution in [0.15, 0.2) is 127 Å². The van der Waals surface area contributed by atoms with Crippen molar-refractivity contribution in [2.24, 2.45) is 35.5 Å². The maximum absolute atomic E-state index is 7.40. The highest BCUT2D eigenvalue weighted by molar-refractivity contribution is 7.20. The molecular weight excluding hydrogens is 680 g/mol. The van der Waals surface area contributed by atoms with E-state index >= 15 is 0 Å². The summed E-state index contributed by atoms with van der Waals surface area (Å²) in [6.07, 6.45) is 15.0. The molecule has 8 saturated carbocycles. The van der Waals surface area contributed by atoms with Crippen molar-refractivity contribution >= 4 is 63.2 Å². The summed E-state index contributed by atoms with van der Waals surface area (Å²) >= 11 is 7.40. The molecule has 4 heteroatoms. The van der Waals surface area contributed by atoms with Crippen molar-refractivity contribution in [3.8, 4) is 0 Å². The molecule has 14 bridgehead atoms. The van der Waals surface area contributed by atoms with Crippen molar-refractivity contribution in [2.45, 2.75) is 81.7 Å². The van der Waals surface area contributed by atoms with Crippen molar-refractivity contribution < 1.29 is 0 Å². The van der Waals surface area contributed by atoms with Crippen LogP contribution in [0.5, 0.6) is 0 Å². The molecule has 0 aromatic heterocycles. The van der Waals surface area contributed by atoms with Gasteiger partial charge in [-0.25, -0.2) is 0 Å². The molecule has 0 radical (unpaired) electrons. The van der Waals surface area contributed by atoms with E-state index in [0.29, 0.717) is 0 Å². The molecule has 9 aliphatic rings. The first kappa shape index (κ1) is 31.5. The Hall–Kier alpha value is -3.79. The van der Waals surface area contributed by atoms with E-state index in [1.807, 2.05) is 0 Å². The lowest BCUT2D eigenvalue weighted by Gasteiger charge is -2.61. The van der Waals surface area contributed by atoms with E-state index in [-0.39, 0.29) is 11.1 Å². The lowest BCUT2D eigenvalue weighted by atomic mass is 9.52. The maximum Gasteiger partial charge on any atom is 0.179 e. The largest absolute Gasteiger partial charge is 0.335 e. The molecule has 1 heterocycles. The van der Waals surface area contributed by atoms with Crippen molar-refractivity contribution in [2.75, 3.05) is 9.80 Å². The molecule has 8 fully saturated rings. The predicted octanol–water partition coefficient (Wildman–Crippen LogP) is 9.85. The number of fused-ring (bicyclic) bond motifs is 6. The van der Waals surface area contributed by atoms with Crippen LogP contribution in [0.1, 0.15) is 70.6 Å². The van der Waals surface area contributed by atoms with Crippen LogP contribution >= 0.6 is 11.6 Å². The Labute approximate surface area is 321 Å². The van der Waals surface area contributed by atoms with E-state index in [1.165, 1.54) is 114 Å². The van der Waals surface area contributed by atoms with Crippen LogP contribution in [0.2, 0.25) is 5.02 Å². The topological polar surface area (TPSA) is 6.48 Å². The van der Waals surface area contributed by atoms with Gasteiger partial charge in [-0.2, -0.15) is 0 Å². The smallest absolute Gasteiger partial charge is 0.179 e. The zero-order valence-electron chi connectivity index (χ0n) is 30.6. The fraction of sp³-hybridized carbons (Fsp3) is 0.388. The molecule has 0 amide bonds. The van der Waals surface area contributed by atoms with E-state index < -0.39 is 8.07 Å². The second-order valence-electron chi connectivity index (χ2n) is 18.8. The Morgan fingerprint density at radius 2 is 0.830 bits per heavy atom. The molecule has 5 aromatic rings. The Bertz CT molecular complexity index is 2140. The van der Waals surface area contributed by atoms with E-state index in [9.17, 15) is 0 Å². The number of nitrogens with zero attached hydrogens (tertiary/aromatic N) is 2. The lowest BCUT2D eigenvalue weighted by molar-refractivity contribution is 0.000565. The van der Waals surface area contributed by atoms with Gasteiger partial charge in [0.1, 0.15) is 0 Å². The second-order valence-corrected chi connectivity index (χ2v) is 23.0. The normalized spacial score (nSPS) is 33.9. The highest BCUT2D eigenvalue weighted by atomic mass is 35.5. The Balaban J connectivity index is 1.18. The number of rotatable bonds is 4. The van der Waals surface area contributed by atoms with Crippen LogP contribution in [0, 0.1) is 35.5 Å². The Morgan fingerprint density at radius 1 is 0.415 bits per heavy atom. The van der Waals surface area contributed by atoms with Crippen LogP contribution in [-0.2, 0) is 0 Å². The summed E-state index contributed by atoms with van der Waals surface area (Å²) in [5, 5.41) is 6.69. The van der Waals surface area contributed by atoms with E-state index in [1.54, 1.807) is 0 Å². The fourth-order valence-corrected chi connectivity index (χ4v) is 19.8. The molecule has 1 aliphatic heterocycles. The molecule has 2 nitrogen and oxygen atoms in total. The lowest BCUT2D eigenvalue weighted by Crippen LogP contribution is -2.74. The maximum atomic E-state index is 7.40. The highest BCUT2D eigenvalue weighted by Gasteiger charge is 2.59. The summed E-state index contributed by atoms with van der Waals surface area (Å²) in [6.45, 7) is 0. The highest BCUT2D eigenvalue weighted by Crippen LogP contribution is 2.64. The zero-order chi connectivity index (χ0) is 34.9. The standard InChI is InChI=1S/C49H49ClN2Si/c50-39-22-42-24-43(23-39)52(49-30-36-20-37(31-49)38(21-36)32-49)41-10-8-16-47(26-41)53(44-11-3-1-4-12-44,45-13-5-2-6-14-45)46-15-7-9-40(25-46)51(42)48-27-33-17-34(28-48)19-35(18-33)29-48/h1-16,22-26,33-38H,17-21,27-32H2. The SMILES string of the molecule is Clc1cc2cc(c1)N(C13CC4CC(C1)C(C4)C3)c1cccc(c1)[Si](c1ccccc1)(c1ccccc1)c1cccc(c1)N2C12CC3CC(CC(C3)C1)C2. The van der Waals surface area contributed by atoms with E-state index in [4.69, 9.17) is 11.6 Å². The number of anilines is 4. The molecule has 8 aliphatic carbocycles. The molecule has 5 aromatic carbocycles. The van der Waals surface area contributed by atoms with Gasteiger partial charge in [0.05, 0.1) is 0 Å². The molecule has 0 spiro atoms. The molecule has 53 heavy (non-hydrogen) atoms. The Kier molecular flexibility index (Phi) is 6.77. The van der Waals surface area contributed by atoms with Crippen LogP contribution in [0.4, 0.5) is 22.7 Å². The molecule has 2 atom stereocenters. The molecule has 266 valence electrons. The summed E-state index contributed by atoms with van der Waals surface area (Å²) in [4.78, 5) is 5.72. The minimum Gasteiger partial charge on any atom is -0.335 e. The third-order valence-corrected chi connectivity index (χ3v) is 20.7. The summed E-state index contributed by atoms with van der Waals surface area (Å²) in [5.74, 6) is 5.09. The van der Waals surface area contributed by atoms with Gasteiger partial charge in [0, 0.05) is 38.9 Å². The first-order chi connectivity index (χ1) is 26.0. The van der Waals surface area contributed by atoms with Gasteiger partial charge < -0.3 is 9.80 Å². The van der Waals surface area contributed by atoms with Gasteiger partial charge in [-0.3, -0.25) is 0 Å². The van der Waals surface area contributed by atoms with Crippen molar-refractivity contribution in [1.82, 2.24) is 0 Å². The van der Waals surface area contributed by atoms with Crippen molar-refractivity contribution in [3.05, 3.63) is 132 Å². The molecule has 0 saturated heterocycles. The van der Waals surface area contributed by atoms with Gasteiger partial charge in [0.15, 0.2) is 8.07 Å². The summed E-state index contributed by atoms with van der Waals surface area (Å²) in [7, 11) is -2.79. The average Bonchev–Trinajstić information content (AvgIpc) is 3.57. The van der Waals surface area contributed by atoms with Gasteiger partial charge in [-0.05, 0) is 169 Å². The molecule has 2 unspecified atom stereocenters. The summed E-state index contributed by atoms with van der Waals surface area (Å²) in [5.41, 5.74) is 5.54. The quantitative estimate of drug-likeness (QED) is 0.170. The summed E-state index contributed by atoms with van der Waals surface area (Å²) < 4.78 is 0. The van der Waals surface area contributed by atoms with Crippen LogP contribution in [-0.4, -0.2) is 19.2 Å². The molecule has 14 rings (SSSR count). The van der Waals surface area contributed by atoms with E-state index in [2.05, 4.69) is 137 Å². The van der Waals surface area contributed by atoms with Gasteiger partial charge in [-0.1, -0.05) is 96.5 Å². The number of hydrogen-bond acceptors (Lipinski definition) is 2. The first-order valence-corrected chi connectivity index (χ1v) is 23.1. The predicted molar refractivity (Wildman–Crippen MR) is 223 cm³/mol. The van der Waals surface area contributed by atoms with Crippen LogP contribution in [0.25, 0.3) is 0 Å². The van der Waals surface area contributed by atoms with Gasteiger partial charge >= 0.3 is 0 Å². The van der Waals surface area contributed by atoms with Crippen molar-refractivity contribution in [3.63, 3.8) is 0 Å². The number of benzene rings is 5. The van der Waals surface area contributed by atoms with Crippen LogP contribution < -0.4 is 30.5 Å². The third-order valence-electron chi connectivity index (χ3n) is 15.7. The Morgan fingerprint density at radius 3 is 1.28 bits per heavy atom. The first-order valence-electron chi connectivity index (χ1n) is 20.7. The number of halogens is 1. The van der Waals surface area contributed by atoms with Crippen LogP contribution in [0.3, 0.4) is 0 Å². The fourth-order valence-electron chi connectivity index (χ4n) is 14.7. The number of hydrogen-bond donors (Lipinski definition) is 0. The molecular formula is C49H49ClN2Si.